The Labute approximate surface area is 128 Å². The lowest BCUT2D eigenvalue weighted by molar-refractivity contribution is 0.0897. The SMILES string of the molecule is CC1CCC(NC(=O)c2ccncc2Cl)(C(N)=NO)CC1. The average molecular weight is 311 g/mol. The smallest absolute Gasteiger partial charge is 0.253 e. The Morgan fingerprint density at radius 1 is 1.57 bits per heavy atom. The first-order valence-corrected chi connectivity index (χ1v) is 7.26. The number of hydrogen-bond acceptors (Lipinski definition) is 4. The Bertz CT molecular complexity index is 554. The zero-order chi connectivity index (χ0) is 15.5. The average Bonchev–Trinajstić information content (AvgIpc) is 2.49. The van der Waals surface area contributed by atoms with Gasteiger partial charge in [-0.25, -0.2) is 0 Å². The van der Waals surface area contributed by atoms with Gasteiger partial charge in [-0.05, 0) is 37.7 Å². The number of nitrogens with two attached hydrogens (primary N) is 1. The van der Waals surface area contributed by atoms with E-state index in [1.54, 1.807) is 6.07 Å². The molecule has 0 spiro atoms. The number of halogens is 1. The van der Waals surface area contributed by atoms with Crippen LogP contribution in [0.2, 0.25) is 5.02 Å². The van der Waals surface area contributed by atoms with Crippen LogP contribution in [0.1, 0.15) is 43.0 Å². The summed E-state index contributed by atoms with van der Waals surface area (Å²) in [7, 11) is 0. The Balaban J connectivity index is 2.24. The second kappa shape index (κ2) is 6.30. The highest BCUT2D eigenvalue weighted by Crippen LogP contribution is 2.32. The van der Waals surface area contributed by atoms with E-state index in [9.17, 15) is 4.79 Å². The third kappa shape index (κ3) is 3.26. The van der Waals surface area contributed by atoms with Gasteiger partial charge in [-0.15, -0.1) is 0 Å². The molecule has 1 amide bonds. The molecule has 1 aromatic rings. The second-order valence-corrected chi connectivity index (χ2v) is 5.97. The molecule has 114 valence electrons. The van der Waals surface area contributed by atoms with E-state index in [0.29, 0.717) is 24.3 Å². The van der Waals surface area contributed by atoms with Crippen LogP contribution in [0.3, 0.4) is 0 Å². The molecule has 6 nitrogen and oxygen atoms in total. The van der Waals surface area contributed by atoms with Crippen molar-refractivity contribution >= 4 is 23.3 Å². The summed E-state index contributed by atoms with van der Waals surface area (Å²) in [5.74, 6) is 0.252. The molecule has 0 atom stereocenters. The topological polar surface area (TPSA) is 101 Å². The lowest BCUT2D eigenvalue weighted by atomic mass is 9.76. The summed E-state index contributed by atoms with van der Waals surface area (Å²) in [4.78, 5) is 16.3. The molecule has 1 heterocycles. The zero-order valence-corrected chi connectivity index (χ0v) is 12.6. The molecule has 4 N–H and O–H groups in total. The van der Waals surface area contributed by atoms with Crippen molar-refractivity contribution < 1.29 is 10.0 Å². The van der Waals surface area contributed by atoms with Gasteiger partial charge in [-0.1, -0.05) is 23.7 Å². The van der Waals surface area contributed by atoms with E-state index >= 15 is 0 Å². The Hall–Kier alpha value is -1.82. The summed E-state index contributed by atoms with van der Waals surface area (Å²) in [5, 5.41) is 15.3. The molecule has 0 bridgehead atoms. The van der Waals surface area contributed by atoms with Crippen LogP contribution in [0.4, 0.5) is 0 Å². The van der Waals surface area contributed by atoms with Crippen LogP contribution in [0.5, 0.6) is 0 Å². The van der Waals surface area contributed by atoms with Crippen LogP contribution in [-0.2, 0) is 0 Å². The number of nitrogens with zero attached hydrogens (tertiary/aromatic N) is 2. The number of rotatable bonds is 3. The number of pyridine rings is 1. The molecule has 1 aromatic heterocycles. The molecule has 2 rings (SSSR count). The summed E-state index contributed by atoms with van der Waals surface area (Å²) >= 11 is 5.98. The van der Waals surface area contributed by atoms with Crippen molar-refractivity contribution in [3.8, 4) is 0 Å². The number of hydrogen-bond donors (Lipinski definition) is 3. The fourth-order valence-electron chi connectivity index (χ4n) is 2.64. The molecule has 1 aliphatic carbocycles. The predicted molar refractivity (Wildman–Crippen MR) is 80.5 cm³/mol. The zero-order valence-electron chi connectivity index (χ0n) is 11.8. The number of carbonyl (C=O) groups is 1. The normalized spacial score (nSPS) is 26.4. The van der Waals surface area contributed by atoms with Gasteiger partial charge in [0.1, 0.15) is 5.54 Å². The van der Waals surface area contributed by atoms with Crippen LogP contribution >= 0.6 is 11.6 Å². The molecule has 0 saturated heterocycles. The molecular formula is C14H19ClN4O2. The fraction of sp³-hybridized carbons (Fsp3) is 0.500. The molecule has 1 fully saturated rings. The molecule has 21 heavy (non-hydrogen) atoms. The minimum Gasteiger partial charge on any atom is -0.409 e. The lowest BCUT2D eigenvalue weighted by Crippen LogP contribution is -2.59. The van der Waals surface area contributed by atoms with Crippen LogP contribution < -0.4 is 11.1 Å². The van der Waals surface area contributed by atoms with Crippen molar-refractivity contribution in [1.29, 1.82) is 0 Å². The number of amidine groups is 1. The predicted octanol–water partition coefficient (Wildman–Crippen LogP) is 2.16. The second-order valence-electron chi connectivity index (χ2n) is 5.56. The van der Waals surface area contributed by atoms with Gasteiger partial charge in [-0.2, -0.15) is 0 Å². The molecule has 1 aliphatic rings. The summed E-state index contributed by atoms with van der Waals surface area (Å²) < 4.78 is 0. The molecular weight excluding hydrogens is 292 g/mol. The van der Waals surface area contributed by atoms with E-state index in [1.165, 1.54) is 12.4 Å². The largest absolute Gasteiger partial charge is 0.409 e. The van der Waals surface area contributed by atoms with Gasteiger partial charge in [-0.3, -0.25) is 9.78 Å². The Morgan fingerprint density at radius 2 is 2.24 bits per heavy atom. The molecule has 1 saturated carbocycles. The minimum absolute atomic E-state index is 0.0351. The highest BCUT2D eigenvalue weighted by Gasteiger charge is 2.40. The van der Waals surface area contributed by atoms with Gasteiger partial charge in [0.05, 0.1) is 10.6 Å². The van der Waals surface area contributed by atoms with Gasteiger partial charge in [0.15, 0.2) is 5.84 Å². The third-order valence-corrected chi connectivity index (χ3v) is 4.40. The van der Waals surface area contributed by atoms with Crippen LogP contribution in [0.25, 0.3) is 0 Å². The van der Waals surface area contributed by atoms with Crippen molar-refractivity contribution in [2.75, 3.05) is 0 Å². The number of nitrogens with one attached hydrogen (secondary N) is 1. The van der Waals surface area contributed by atoms with E-state index in [4.69, 9.17) is 22.5 Å². The monoisotopic (exact) mass is 310 g/mol. The number of aromatic nitrogens is 1. The van der Waals surface area contributed by atoms with E-state index in [0.717, 1.165) is 12.8 Å². The minimum atomic E-state index is -0.815. The lowest BCUT2D eigenvalue weighted by Gasteiger charge is -2.39. The molecule has 0 aromatic carbocycles. The third-order valence-electron chi connectivity index (χ3n) is 4.10. The maximum Gasteiger partial charge on any atom is 0.253 e. The van der Waals surface area contributed by atoms with E-state index in [2.05, 4.69) is 22.4 Å². The summed E-state index contributed by atoms with van der Waals surface area (Å²) in [5.41, 5.74) is 5.35. The van der Waals surface area contributed by atoms with Gasteiger partial charge in [0, 0.05) is 12.4 Å². The Morgan fingerprint density at radius 3 is 2.81 bits per heavy atom. The molecule has 7 heteroatoms. The van der Waals surface area contributed by atoms with Gasteiger partial charge >= 0.3 is 0 Å². The highest BCUT2D eigenvalue weighted by molar-refractivity contribution is 6.33. The van der Waals surface area contributed by atoms with Crippen molar-refractivity contribution in [1.82, 2.24) is 10.3 Å². The molecule has 0 aliphatic heterocycles. The maximum absolute atomic E-state index is 12.4. The number of oxime groups is 1. The first-order chi connectivity index (χ1) is 9.98. The van der Waals surface area contributed by atoms with Crippen molar-refractivity contribution in [3.63, 3.8) is 0 Å². The fourth-order valence-corrected chi connectivity index (χ4v) is 2.84. The van der Waals surface area contributed by atoms with Gasteiger partial charge in [0.25, 0.3) is 5.91 Å². The van der Waals surface area contributed by atoms with E-state index < -0.39 is 5.54 Å². The van der Waals surface area contributed by atoms with E-state index in [1.807, 2.05) is 0 Å². The maximum atomic E-state index is 12.4. The first-order valence-electron chi connectivity index (χ1n) is 6.88. The molecule has 0 radical (unpaired) electrons. The van der Waals surface area contributed by atoms with Gasteiger partial charge < -0.3 is 16.3 Å². The quantitative estimate of drug-likeness (QED) is 0.344. The van der Waals surface area contributed by atoms with Crippen LogP contribution in [0.15, 0.2) is 23.6 Å². The Kier molecular flexibility index (Phi) is 4.67. The van der Waals surface area contributed by atoms with Crippen LogP contribution in [-0.4, -0.2) is 27.5 Å². The summed E-state index contributed by atoms with van der Waals surface area (Å²) in [6, 6.07) is 1.54. The van der Waals surface area contributed by atoms with Gasteiger partial charge in [0.2, 0.25) is 0 Å². The van der Waals surface area contributed by atoms with E-state index in [-0.39, 0.29) is 16.8 Å². The molecule has 0 unspecified atom stereocenters. The highest BCUT2D eigenvalue weighted by atomic mass is 35.5. The first kappa shape index (κ1) is 15.6. The number of amides is 1. The standard InChI is InChI=1S/C14H19ClN4O2/c1-9-2-5-14(6-3-9,13(16)19-21)18-12(20)10-4-7-17-8-11(10)15/h4,7-9,21H,2-3,5-6H2,1H3,(H2,16,19)(H,18,20). The van der Waals surface area contributed by atoms with Crippen LogP contribution in [0, 0.1) is 5.92 Å². The van der Waals surface area contributed by atoms with Crippen molar-refractivity contribution in [3.05, 3.63) is 29.0 Å². The van der Waals surface area contributed by atoms with Crippen molar-refractivity contribution in [2.45, 2.75) is 38.1 Å². The van der Waals surface area contributed by atoms with Crippen molar-refractivity contribution in [2.24, 2.45) is 16.8 Å². The number of carbonyl (C=O) groups excluding carboxylic acids is 1. The summed E-state index contributed by atoms with van der Waals surface area (Å²) in [6.45, 7) is 2.15. The summed E-state index contributed by atoms with van der Waals surface area (Å²) in [6.07, 6.45) is 5.99.